The van der Waals surface area contributed by atoms with E-state index < -0.39 is 0 Å². The van der Waals surface area contributed by atoms with E-state index in [4.69, 9.17) is 5.73 Å². The second-order valence-electron chi connectivity index (χ2n) is 5.26. The number of nitrogens with zero attached hydrogens (tertiary/aromatic N) is 3. The molecule has 2 heterocycles. The van der Waals surface area contributed by atoms with Crippen molar-refractivity contribution in [2.45, 2.75) is 18.5 Å². The van der Waals surface area contributed by atoms with Crippen molar-refractivity contribution in [1.82, 2.24) is 14.5 Å². The van der Waals surface area contributed by atoms with Crippen molar-refractivity contribution < 1.29 is 4.79 Å². The van der Waals surface area contributed by atoms with Crippen molar-refractivity contribution in [3.8, 4) is 5.82 Å². The predicted molar refractivity (Wildman–Crippen MR) is 94.4 cm³/mol. The van der Waals surface area contributed by atoms with Crippen LogP contribution in [0, 0.1) is 6.92 Å². The van der Waals surface area contributed by atoms with Crippen LogP contribution in [0.15, 0.2) is 52.5 Å². The number of para-hydroxylation sites is 1. The molecule has 0 aliphatic heterocycles. The molecule has 3 aromatic rings. The molecular formula is C17H16N4O2S. The van der Waals surface area contributed by atoms with Gasteiger partial charge in [0.2, 0.25) is 5.91 Å². The van der Waals surface area contributed by atoms with Gasteiger partial charge in [0, 0.05) is 18.4 Å². The molecule has 2 aromatic heterocycles. The Morgan fingerprint density at radius 3 is 2.79 bits per heavy atom. The number of thioether (sulfide) groups is 1. The van der Waals surface area contributed by atoms with Gasteiger partial charge in [0.25, 0.3) is 5.56 Å². The summed E-state index contributed by atoms with van der Waals surface area (Å²) in [6.45, 7) is 1.89. The molecule has 7 heteroatoms. The van der Waals surface area contributed by atoms with Crippen LogP contribution in [0.4, 0.5) is 0 Å². The minimum absolute atomic E-state index is 0.177. The Morgan fingerprint density at radius 2 is 2.04 bits per heavy atom. The van der Waals surface area contributed by atoms with Gasteiger partial charge in [-0.1, -0.05) is 30.0 Å². The van der Waals surface area contributed by atoms with Crippen molar-refractivity contribution in [2.24, 2.45) is 5.73 Å². The van der Waals surface area contributed by atoms with Crippen LogP contribution in [0.5, 0.6) is 0 Å². The predicted octanol–water partition coefficient (Wildman–Crippen LogP) is 2.06. The molecule has 0 unspecified atom stereocenters. The molecule has 0 saturated carbocycles. The molecule has 0 radical (unpaired) electrons. The number of hydrogen-bond acceptors (Lipinski definition) is 5. The largest absolute Gasteiger partial charge is 0.370 e. The van der Waals surface area contributed by atoms with Gasteiger partial charge in [-0.15, -0.1) is 0 Å². The highest BCUT2D eigenvalue weighted by atomic mass is 32.2. The number of amides is 1. The lowest BCUT2D eigenvalue weighted by Gasteiger charge is -2.13. The topological polar surface area (TPSA) is 90.9 Å². The number of carbonyl (C=O) groups excluding carboxylic acids is 1. The molecule has 3 rings (SSSR count). The molecule has 0 spiro atoms. The van der Waals surface area contributed by atoms with Gasteiger partial charge in [-0.25, -0.2) is 14.5 Å². The van der Waals surface area contributed by atoms with Gasteiger partial charge in [0.15, 0.2) is 5.16 Å². The number of nitrogens with two attached hydrogens (primary N) is 1. The summed E-state index contributed by atoms with van der Waals surface area (Å²) in [5.41, 5.74) is 6.51. The Labute approximate surface area is 142 Å². The van der Waals surface area contributed by atoms with E-state index in [1.54, 1.807) is 24.4 Å². The summed E-state index contributed by atoms with van der Waals surface area (Å²) < 4.78 is 1.50. The van der Waals surface area contributed by atoms with Gasteiger partial charge in [0.05, 0.1) is 10.9 Å². The fourth-order valence-corrected chi connectivity index (χ4v) is 3.30. The second kappa shape index (κ2) is 6.84. The van der Waals surface area contributed by atoms with Crippen LogP contribution in [-0.4, -0.2) is 26.2 Å². The zero-order valence-electron chi connectivity index (χ0n) is 13.1. The van der Waals surface area contributed by atoms with E-state index >= 15 is 0 Å². The first-order chi connectivity index (χ1) is 11.6. The van der Waals surface area contributed by atoms with Crippen molar-refractivity contribution in [3.63, 3.8) is 0 Å². The first-order valence-electron chi connectivity index (χ1n) is 7.43. The zero-order chi connectivity index (χ0) is 17.1. The number of benzene rings is 1. The number of primary amides is 1. The highest BCUT2D eigenvalue weighted by Gasteiger charge is 2.15. The Bertz CT molecular complexity index is 968. The quantitative estimate of drug-likeness (QED) is 0.567. The van der Waals surface area contributed by atoms with Gasteiger partial charge in [-0.05, 0) is 30.7 Å². The van der Waals surface area contributed by atoms with Crippen LogP contribution >= 0.6 is 11.8 Å². The third-order valence-electron chi connectivity index (χ3n) is 3.52. The summed E-state index contributed by atoms with van der Waals surface area (Å²) in [4.78, 5) is 32.9. The van der Waals surface area contributed by atoms with Gasteiger partial charge in [0.1, 0.15) is 5.82 Å². The molecule has 6 nitrogen and oxygen atoms in total. The minimum Gasteiger partial charge on any atom is -0.370 e. The van der Waals surface area contributed by atoms with Crippen LogP contribution in [0.3, 0.4) is 0 Å². The molecule has 0 saturated heterocycles. The number of aryl methyl sites for hydroxylation is 1. The lowest BCUT2D eigenvalue weighted by atomic mass is 10.2. The monoisotopic (exact) mass is 340 g/mol. The van der Waals surface area contributed by atoms with E-state index in [-0.39, 0.29) is 17.9 Å². The summed E-state index contributed by atoms with van der Waals surface area (Å²) >= 11 is 1.32. The lowest BCUT2D eigenvalue weighted by Crippen LogP contribution is -2.23. The molecule has 1 aromatic carbocycles. The molecule has 2 N–H and O–H groups in total. The molecule has 1 amide bonds. The molecular weight excluding hydrogens is 324 g/mol. The van der Waals surface area contributed by atoms with Crippen LogP contribution in [-0.2, 0) is 4.79 Å². The highest BCUT2D eigenvalue weighted by Crippen LogP contribution is 2.22. The first kappa shape index (κ1) is 16.2. The van der Waals surface area contributed by atoms with E-state index in [1.165, 1.54) is 16.3 Å². The maximum Gasteiger partial charge on any atom is 0.267 e. The van der Waals surface area contributed by atoms with Crippen LogP contribution in [0.1, 0.15) is 12.0 Å². The number of fused-ring (bicyclic) bond motifs is 1. The SMILES string of the molecule is Cc1cccnc1-n1c(SCCC(N)=O)nc2ccccc2c1=O. The fraction of sp³-hybridized carbons (Fsp3) is 0.176. The van der Waals surface area contributed by atoms with Gasteiger partial charge in [-0.3, -0.25) is 9.59 Å². The summed E-state index contributed by atoms with van der Waals surface area (Å²) in [7, 11) is 0. The van der Waals surface area contributed by atoms with Crippen molar-refractivity contribution in [1.29, 1.82) is 0 Å². The molecule has 0 aliphatic rings. The highest BCUT2D eigenvalue weighted by molar-refractivity contribution is 7.99. The van der Waals surface area contributed by atoms with E-state index in [2.05, 4.69) is 9.97 Å². The van der Waals surface area contributed by atoms with Crippen molar-refractivity contribution in [2.75, 3.05) is 5.75 Å². The molecule has 24 heavy (non-hydrogen) atoms. The Balaban J connectivity index is 2.20. The average molecular weight is 340 g/mol. The van der Waals surface area contributed by atoms with Gasteiger partial charge < -0.3 is 5.73 Å². The van der Waals surface area contributed by atoms with E-state index in [0.29, 0.717) is 27.6 Å². The Morgan fingerprint density at radius 1 is 1.25 bits per heavy atom. The van der Waals surface area contributed by atoms with Gasteiger partial charge >= 0.3 is 0 Å². The maximum absolute atomic E-state index is 13.0. The van der Waals surface area contributed by atoms with Gasteiger partial charge in [-0.2, -0.15) is 0 Å². The summed E-state index contributed by atoms with van der Waals surface area (Å²) in [5, 5.41) is 1.03. The van der Waals surface area contributed by atoms with E-state index in [1.807, 2.05) is 25.1 Å². The van der Waals surface area contributed by atoms with E-state index in [0.717, 1.165) is 5.56 Å². The molecule has 0 aliphatic carbocycles. The average Bonchev–Trinajstić information content (AvgIpc) is 2.56. The van der Waals surface area contributed by atoms with Crippen LogP contribution in [0.25, 0.3) is 16.7 Å². The molecule has 0 fully saturated rings. The number of pyridine rings is 1. The maximum atomic E-state index is 13.0. The van der Waals surface area contributed by atoms with Crippen molar-refractivity contribution >= 4 is 28.6 Å². The molecule has 0 atom stereocenters. The first-order valence-corrected chi connectivity index (χ1v) is 8.41. The lowest BCUT2D eigenvalue weighted by molar-refractivity contribution is -0.117. The van der Waals surface area contributed by atoms with E-state index in [9.17, 15) is 9.59 Å². The van der Waals surface area contributed by atoms with Crippen LogP contribution in [0.2, 0.25) is 0 Å². The Hall–Kier alpha value is -2.67. The number of carbonyl (C=O) groups is 1. The zero-order valence-corrected chi connectivity index (χ0v) is 13.9. The molecule has 122 valence electrons. The normalized spacial score (nSPS) is 10.9. The summed E-state index contributed by atoms with van der Waals surface area (Å²) in [6, 6.07) is 10.9. The third-order valence-corrected chi connectivity index (χ3v) is 4.46. The number of rotatable bonds is 5. The minimum atomic E-state index is -0.383. The molecule has 0 bridgehead atoms. The number of hydrogen-bond donors (Lipinski definition) is 1. The van der Waals surface area contributed by atoms with Crippen LogP contribution < -0.4 is 11.3 Å². The standard InChI is InChI=1S/C17H16N4O2S/c1-11-5-4-9-19-15(11)21-16(23)12-6-2-3-7-13(12)20-17(21)24-10-8-14(18)22/h2-7,9H,8,10H2,1H3,(H2,18,22). The second-order valence-corrected chi connectivity index (χ2v) is 6.32. The number of aromatic nitrogens is 3. The Kier molecular flexibility index (Phi) is 4.61. The summed E-state index contributed by atoms with van der Waals surface area (Å²) in [6.07, 6.45) is 1.86. The smallest absolute Gasteiger partial charge is 0.267 e. The third kappa shape index (κ3) is 3.16. The van der Waals surface area contributed by atoms with Crippen molar-refractivity contribution in [3.05, 3.63) is 58.5 Å². The summed E-state index contributed by atoms with van der Waals surface area (Å²) in [5.74, 6) is 0.611. The fourth-order valence-electron chi connectivity index (χ4n) is 2.35.